The summed E-state index contributed by atoms with van der Waals surface area (Å²) in [5, 5.41) is 12.1. The first-order valence-electron chi connectivity index (χ1n) is 10.8. The fourth-order valence-electron chi connectivity index (χ4n) is 4.76. The van der Waals surface area contributed by atoms with E-state index < -0.39 is 10.5 Å². The molecule has 0 atom stereocenters. The molecule has 2 aromatic rings. The van der Waals surface area contributed by atoms with Gasteiger partial charge in [0.05, 0.1) is 16.9 Å². The molecule has 2 aliphatic heterocycles. The summed E-state index contributed by atoms with van der Waals surface area (Å²) in [6, 6.07) is 6.34. The number of carbonyl (C=O) groups excluding carboxylic acids is 2. The molecule has 174 valence electrons. The van der Waals surface area contributed by atoms with E-state index in [1.165, 1.54) is 6.07 Å². The first kappa shape index (κ1) is 23.0. The number of halogens is 1. The number of nitro groups is 1. The average molecular weight is 472 g/mol. The number of fused-ring (bicyclic) bond motifs is 1. The number of rotatable bonds is 3. The predicted molar refractivity (Wildman–Crippen MR) is 126 cm³/mol. The zero-order chi connectivity index (χ0) is 24.1. The van der Waals surface area contributed by atoms with E-state index in [4.69, 9.17) is 16.3 Å². The molecule has 2 heterocycles. The normalized spacial score (nSPS) is 16.9. The van der Waals surface area contributed by atoms with Crippen LogP contribution in [0.4, 0.5) is 11.4 Å². The van der Waals surface area contributed by atoms with Crippen LogP contribution in [0, 0.1) is 24.0 Å². The van der Waals surface area contributed by atoms with E-state index in [-0.39, 0.29) is 29.4 Å². The van der Waals surface area contributed by atoms with Crippen LogP contribution in [-0.4, -0.2) is 54.3 Å². The number of ketones is 1. The second-order valence-electron chi connectivity index (χ2n) is 9.04. The van der Waals surface area contributed by atoms with Gasteiger partial charge in [-0.15, -0.1) is 0 Å². The minimum atomic E-state index is -0.658. The van der Waals surface area contributed by atoms with Gasteiger partial charge in [-0.1, -0.05) is 11.6 Å². The summed E-state index contributed by atoms with van der Waals surface area (Å²) in [6.07, 6.45) is 1.25. The number of nitrogens with zero attached hydrogens (tertiary/aromatic N) is 3. The maximum atomic E-state index is 13.1. The summed E-state index contributed by atoms with van der Waals surface area (Å²) >= 11 is 6.33. The molecular weight excluding hydrogens is 446 g/mol. The Labute approximate surface area is 197 Å². The fraction of sp³-hybridized carbons (Fsp3) is 0.417. The summed E-state index contributed by atoms with van der Waals surface area (Å²) < 4.78 is 6.36. The van der Waals surface area contributed by atoms with Crippen molar-refractivity contribution in [2.45, 2.75) is 38.7 Å². The van der Waals surface area contributed by atoms with Gasteiger partial charge in [0, 0.05) is 56.7 Å². The first-order valence-corrected chi connectivity index (χ1v) is 11.2. The van der Waals surface area contributed by atoms with E-state index in [0.717, 1.165) is 11.1 Å². The monoisotopic (exact) mass is 471 g/mol. The van der Waals surface area contributed by atoms with E-state index in [0.29, 0.717) is 48.0 Å². The number of hydrogen-bond donors (Lipinski definition) is 0. The lowest BCUT2D eigenvalue weighted by molar-refractivity contribution is -0.384. The second kappa shape index (κ2) is 8.33. The Morgan fingerprint density at radius 3 is 2.48 bits per heavy atom. The molecule has 1 fully saturated rings. The number of hydrogen-bond acceptors (Lipinski definition) is 6. The summed E-state index contributed by atoms with van der Waals surface area (Å²) in [5.74, 6) is 0.296. The zero-order valence-electron chi connectivity index (χ0n) is 19.1. The Morgan fingerprint density at radius 2 is 1.88 bits per heavy atom. The molecule has 8 nitrogen and oxygen atoms in total. The van der Waals surface area contributed by atoms with Gasteiger partial charge in [0.2, 0.25) is 0 Å². The van der Waals surface area contributed by atoms with Gasteiger partial charge < -0.3 is 14.5 Å². The summed E-state index contributed by atoms with van der Waals surface area (Å²) in [5.41, 5.74) is 2.08. The molecule has 0 saturated carbocycles. The van der Waals surface area contributed by atoms with E-state index in [2.05, 4.69) is 0 Å². The second-order valence-corrected chi connectivity index (χ2v) is 9.42. The Hall–Kier alpha value is -3.13. The van der Waals surface area contributed by atoms with Crippen LogP contribution in [-0.2, 0) is 0 Å². The van der Waals surface area contributed by atoms with Gasteiger partial charge in [0.15, 0.2) is 5.78 Å². The molecule has 0 unspecified atom stereocenters. The van der Waals surface area contributed by atoms with Crippen molar-refractivity contribution in [1.82, 2.24) is 4.90 Å². The number of likely N-dealkylation sites (tertiary alicyclic amines) is 1. The molecule has 0 N–H and O–H groups in total. The molecule has 1 spiro atoms. The Morgan fingerprint density at radius 1 is 1.21 bits per heavy atom. The van der Waals surface area contributed by atoms with Gasteiger partial charge in [-0.25, -0.2) is 0 Å². The molecule has 0 bridgehead atoms. The van der Waals surface area contributed by atoms with Crippen LogP contribution in [0.25, 0.3) is 0 Å². The number of nitro benzene ring substituents is 1. The minimum absolute atomic E-state index is 0.00493. The van der Waals surface area contributed by atoms with E-state index >= 15 is 0 Å². The third-order valence-electron chi connectivity index (χ3n) is 6.60. The quantitative estimate of drug-likeness (QED) is 0.480. The molecule has 0 aromatic heterocycles. The average Bonchev–Trinajstić information content (AvgIpc) is 2.76. The lowest BCUT2D eigenvalue weighted by Crippen LogP contribution is -2.52. The summed E-state index contributed by atoms with van der Waals surface area (Å²) in [4.78, 5) is 40.4. The number of Topliss-reactive ketones (excluding diaryl/α,β-unsaturated/α-hetero) is 1. The highest BCUT2D eigenvalue weighted by atomic mass is 35.5. The van der Waals surface area contributed by atoms with Gasteiger partial charge >= 0.3 is 0 Å². The number of amides is 1. The van der Waals surface area contributed by atoms with Gasteiger partial charge in [0.1, 0.15) is 17.0 Å². The van der Waals surface area contributed by atoms with Crippen LogP contribution in [0.5, 0.6) is 5.75 Å². The summed E-state index contributed by atoms with van der Waals surface area (Å²) in [6.45, 7) is 4.51. The van der Waals surface area contributed by atoms with Crippen LogP contribution in [0.3, 0.4) is 0 Å². The number of benzene rings is 2. The number of aryl methyl sites for hydroxylation is 1. The van der Waals surface area contributed by atoms with Gasteiger partial charge in [-0.2, -0.15) is 0 Å². The molecule has 1 saturated heterocycles. The molecule has 0 aliphatic carbocycles. The lowest BCUT2D eigenvalue weighted by Gasteiger charge is -2.44. The zero-order valence-corrected chi connectivity index (χ0v) is 19.9. The Bertz CT molecular complexity index is 1170. The molecule has 2 aliphatic rings. The van der Waals surface area contributed by atoms with Crippen molar-refractivity contribution in [2.24, 2.45) is 0 Å². The van der Waals surface area contributed by atoms with Gasteiger partial charge in [-0.05, 0) is 43.2 Å². The van der Waals surface area contributed by atoms with Crippen LogP contribution < -0.4 is 9.64 Å². The van der Waals surface area contributed by atoms with Crippen molar-refractivity contribution >= 4 is 34.7 Å². The largest absolute Gasteiger partial charge is 0.486 e. The van der Waals surface area contributed by atoms with E-state index in [1.54, 1.807) is 36.0 Å². The van der Waals surface area contributed by atoms with Gasteiger partial charge in [-0.3, -0.25) is 19.7 Å². The van der Waals surface area contributed by atoms with Crippen LogP contribution in [0.1, 0.15) is 51.1 Å². The predicted octanol–water partition coefficient (Wildman–Crippen LogP) is 4.57. The minimum Gasteiger partial charge on any atom is -0.486 e. The van der Waals surface area contributed by atoms with Crippen molar-refractivity contribution in [3.8, 4) is 5.75 Å². The van der Waals surface area contributed by atoms with Crippen molar-refractivity contribution in [2.75, 3.05) is 32.1 Å². The van der Waals surface area contributed by atoms with E-state index in [9.17, 15) is 19.7 Å². The van der Waals surface area contributed by atoms with Crippen LogP contribution in [0.2, 0.25) is 5.02 Å². The van der Waals surface area contributed by atoms with Crippen molar-refractivity contribution in [1.29, 1.82) is 0 Å². The molecule has 33 heavy (non-hydrogen) atoms. The first-order chi connectivity index (χ1) is 15.5. The number of anilines is 1. The van der Waals surface area contributed by atoms with Crippen LogP contribution in [0.15, 0.2) is 24.3 Å². The standard InChI is InChI=1S/C24H26ClN3O5/c1-14-11-20-21(15(2)22(14)25)19(29)13-24(33-20)7-9-27(10-8-24)23(30)16-5-6-17(26(3)4)18(12-16)28(31)32/h5-6,11-12H,7-10,13H2,1-4H3. The molecule has 1 amide bonds. The summed E-state index contributed by atoms with van der Waals surface area (Å²) in [7, 11) is 3.43. The Balaban J connectivity index is 1.53. The molecule has 2 aromatic carbocycles. The molecule has 0 radical (unpaired) electrons. The maximum Gasteiger partial charge on any atom is 0.293 e. The maximum absolute atomic E-state index is 13.1. The third-order valence-corrected chi connectivity index (χ3v) is 7.18. The highest BCUT2D eigenvalue weighted by Gasteiger charge is 2.44. The number of piperidine rings is 1. The number of ether oxygens (including phenoxy) is 1. The molecule has 9 heteroatoms. The number of carbonyl (C=O) groups is 2. The smallest absolute Gasteiger partial charge is 0.293 e. The van der Waals surface area contributed by atoms with E-state index in [1.807, 2.05) is 19.9 Å². The van der Waals surface area contributed by atoms with Crippen molar-refractivity contribution in [3.05, 3.63) is 61.7 Å². The Kier molecular flexibility index (Phi) is 5.82. The van der Waals surface area contributed by atoms with Crippen molar-refractivity contribution < 1.29 is 19.2 Å². The van der Waals surface area contributed by atoms with Gasteiger partial charge in [0.25, 0.3) is 11.6 Å². The SMILES string of the molecule is Cc1cc2c(c(C)c1Cl)C(=O)CC1(CCN(C(=O)c3ccc(N(C)C)c([N+](=O)[O-])c3)CC1)O2. The highest BCUT2D eigenvalue weighted by molar-refractivity contribution is 6.32. The van der Waals surface area contributed by atoms with Crippen molar-refractivity contribution in [3.63, 3.8) is 0 Å². The highest BCUT2D eigenvalue weighted by Crippen LogP contribution is 2.43. The van der Waals surface area contributed by atoms with Crippen LogP contribution >= 0.6 is 11.6 Å². The molecular formula is C24H26ClN3O5. The fourth-order valence-corrected chi connectivity index (χ4v) is 4.91. The molecule has 4 rings (SSSR count). The topological polar surface area (TPSA) is 93.0 Å². The third kappa shape index (κ3) is 4.04. The lowest BCUT2D eigenvalue weighted by atomic mass is 9.81.